The highest BCUT2D eigenvalue weighted by atomic mass is 16.7. The van der Waals surface area contributed by atoms with Crippen LogP contribution in [0.5, 0.6) is 11.5 Å². The third kappa shape index (κ3) is 2.58. The van der Waals surface area contributed by atoms with Crippen LogP contribution in [0.1, 0.15) is 31.2 Å². The van der Waals surface area contributed by atoms with Crippen molar-refractivity contribution < 1.29 is 19.4 Å². The lowest BCUT2D eigenvalue weighted by Crippen LogP contribution is -2.56. The first kappa shape index (κ1) is 13.2. The van der Waals surface area contributed by atoms with E-state index in [-0.39, 0.29) is 24.8 Å². The molecule has 1 aromatic rings. The maximum Gasteiger partial charge on any atom is 0.231 e. The first-order chi connectivity index (χ1) is 9.71. The van der Waals surface area contributed by atoms with Gasteiger partial charge in [0.2, 0.25) is 12.7 Å². The number of nitrogens with one attached hydrogen (secondary N) is 1. The SMILES string of the molecule is O=C(CCc1ccc2c(c1)OCO2)NC1(CO)CCC1. The van der Waals surface area contributed by atoms with E-state index >= 15 is 0 Å². The predicted molar refractivity (Wildman–Crippen MR) is 72.7 cm³/mol. The number of carbonyl (C=O) groups excluding carboxylic acids is 1. The molecule has 0 saturated heterocycles. The van der Waals surface area contributed by atoms with Crippen molar-refractivity contribution in [2.75, 3.05) is 13.4 Å². The number of aliphatic hydroxyl groups excluding tert-OH is 1. The number of hydrogen-bond donors (Lipinski definition) is 2. The van der Waals surface area contributed by atoms with E-state index in [0.717, 1.165) is 36.3 Å². The number of rotatable bonds is 5. The average Bonchev–Trinajstić information content (AvgIpc) is 2.88. The lowest BCUT2D eigenvalue weighted by Gasteiger charge is -2.41. The molecule has 2 N–H and O–H groups in total. The van der Waals surface area contributed by atoms with E-state index in [4.69, 9.17) is 9.47 Å². The smallest absolute Gasteiger partial charge is 0.231 e. The van der Waals surface area contributed by atoms with Crippen molar-refractivity contribution >= 4 is 5.91 Å². The van der Waals surface area contributed by atoms with E-state index in [0.29, 0.717) is 12.8 Å². The quantitative estimate of drug-likeness (QED) is 0.853. The third-order valence-electron chi connectivity index (χ3n) is 4.10. The van der Waals surface area contributed by atoms with Gasteiger partial charge in [0.05, 0.1) is 12.1 Å². The van der Waals surface area contributed by atoms with Crippen LogP contribution in [0, 0.1) is 0 Å². The van der Waals surface area contributed by atoms with Crippen LogP contribution in [0.2, 0.25) is 0 Å². The van der Waals surface area contributed by atoms with Crippen molar-refractivity contribution in [1.82, 2.24) is 5.32 Å². The number of ether oxygens (including phenoxy) is 2. The summed E-state index contributed by atoms with van der Waals surface area (Å²) >= 11 is 0. The fourth-order valence-electron chi connectivity index (χ4n) is 2.64. The summed E-state index contributed by atoms with van der Waals surface area (Å²) in [4.78, 5) is 11.9. The van der Waals surface area contributed by atoms with Crippen LogP contribution in [0.15, 0.2) is 18.2 Å². The minimum absolute atomic E-state index is 0.00332. The molecule has 0 spiro atoms. The number of benzene rings is 1. The van der Waals surface area contributed by atoms with Crippen molar-refractivity contribution in [3.8, 4) is 11.5 Å². The minimum Gasteiger partial charge on any atom is -0.454 e. The molecule has 20 heavy (non-hydrogen) atoms. The van der Waals surface area contributed by atoms with Gasteiger partial charge in [0, 0.05) is 6.42 Å². The monoisotopic (exact) mass is 277 g/mol. The number of aryl methyl sites for hydroxylation is 1. The van der Waals surface area contributed by atoms with Gasteiger partial charge in [-0.1, -0.05) is 6.07 Å². The van der Waals surface area contributed by atoms with E-state index in [1.54, 1.807) is 0 Å². The van der Waals surface area contributed by atoms with Crippen molar-refractivity contribution in [3.05, 3.63) is 23.8 Å². The highest BCUT2D eigenvalue weighted by Gasteiger charge is 2.37. The fourth-order valence-corrected chi connectivity index (χ4v) is 2.64. The molecule has 1 amide bonds. The van der Waals surface area contributed by atoms with Crippen molar-refractivity contribution in [2.24, 2.45) is 0 Å². The number of amides is 1. The van der Waals surface area contributed by atoms with E-state index in [1.807, 2.05) is 18.2 Å². The standard InChI is InChI=1S/C15H19NO4/c17-9-15(6-1-7-15)16-14(18)5-3-11-2-4-12-13(8-11)20-10-19-12/h2,4,8,17H,1,3,5-7,9-10H2,(H,16,18). The maximum absolute atomic E-state index is 11.9. The van der Waals surface area contributed by atoms with Gasteiger partial charge in [-0.3, -0.25) is 4.79 Å². The average molecular weight is 277 g/mol. The molecular formula is C15H19NO4. The van der Waals surface area contributed by atoms with E-state index < -0.39 is 0 Å². The molecular weight excluding hydrogens is 258 g/mol. The summed E-state index contributed by atoms with van der Waals surface area (Å²) in [6.45, 7) is 0.293. The van der Waals surface area contributed by atoms with Crippen LogP contribution in [0.3, 0.4) is 0 Å². The van der Waals surface area contributed by atoms with Crippen LogP contribution >= 0.6 is 0 Å². The van der Waals surface area contributed by atoms with E-state index in [2.05, 4.69) is 5.32 Å². The number of aliphatic hydroxyl groups is 1. The molecule has 1 aliphatic heterocycles. The Labute approximate surface area is 117 Å². The molecule has 3 rings (SSSR count). The van der Waals surface area contributed by atoms with Crippen LogP contribution in [-0.2, 0) is 11.2 Å². The Hall–Kier alpha value is -1.75. The predicted octanol–water partition coefficient (Wildman–Crippen LogP) is 1.38. The van der Waals surface area contributed by atoms with E-state index in [9.17, 15) is 9.90 Å². The van der Waals surface area contributed by atoms with Crippen molar-refractivity contribution in [2.45, 2.75) is 37.6 Å². The molecule has 0 unspecified atom stereocenters. The largest absolute Gasteiger partial charge is 0.454 e. The Morgan fingerprint density at radius 1 is 1.30 bits per heavy atom. The Bertz CT molecular complexity index is 505. The van der Waals surface area contributed by atoms with Gasteiger partial charge < -0.3 is 19.9 Å². The molecule has 2 aliphatic rings. The Morgan fingerprint density at radius 3 is 2.80 bits per heavy atom. The summed E-state index contributed by atoms with van der Waals surface area (Å²) < 4.78 is 10.6. The maximum atomic E-state index is 11.9. The molecule has 1 aromatic carbocycles. The lowest BCUT2D eigenvalue weighted by atomic mass is 9.77. The van der Waals surface area contributed by atoms with Gasteiger partial charge in [-0.2, -0.15) is 0 Å². The van der Waals surface area contributed by atoms with Crippen LogP contribution in [0.4, 0.5) is 0 Å². The van der Waals surface area contributed by atoms with Gasteiger partial charge in [0.25, 0.3) is 0 Å². The molecule has 108 valence electrons. The zero-order valence-electron chi connectivity index (χ0n) is 11.4. The van der Waals surface area contributed by atoms with Gasteiger partial charge in [0.15, 0.2) is 11.5 Å². The number of hydrogen-bond acceptors (Lipinski definition) is 4. The second-order valence-electron chi connectivity index (χ2n) is 5.53. The molecule has 0 atom stereocenters. The molecule has 1 fully saturated rings. The first-order valence-electron chi connectivity index (χ1n) is 7.01. The van der Waals surface area contributed by atoms with Crippen LogP contribution < -0.4 is 14.8 Å². The zero-order valence-corrected chi connectivity index (χ0v) is 11.4. The summed E-state index contributed by atoms with van der Waals surface area (Å²) in [6, 6.07) is 5.74. The van der Waals surface area contributed by atoms with Gasteiger partial charge in [-0.25, -0.2) is 0 Å². The highest BCUT2D eigenvalue weighted by molar-refractivity contribution is 5.77. The van der Waals surface area contributed by atoms with Crippen LogP contribution in [-0.4, -0.2) is 30.0 Å². The summed E-state index contributed by atoms with van der Waals surface area (Å²) in [6.07, 6.45) is 3.90. The summed E-state index contributed by atoms with van der Waals surface area (Å²) in [5.41, 5.74) is 0.697. The molecule has 1 aliphatic carbocycles. The topological polar surface area (TPSA) is 67.8 Å². The first-order valence-corrected chi connectivity index (χ1v) is 7.01. The normalized spacial score (nSPS) is 18.4. The van der Waals surface area contributed by atoms with Gasteiger partial charge in [0.1, 0.15) is 0 Å². The summed E-state index contributed by atoms with van der Waals surface area (Å²) in [5, 5.41) is 12.3. The van der Waals surface area contributed by atoms with Gasteiger partial charge in [-0.05, 0) is 43.4 Å². The highest BCUT2D eigenvalue weighted by Crippen LogP contribution is 2.33. The second kappa shape index (κ2) is 5.32. The number of fused-ring (bicyclic) bond motifs is 1. The third-order valence-corrected chi connectivity index (χ3v) is 4.10. The Balaban J connectivity index is 1.53. The van der Waals surface area contributed by atoms with Crippen molar-refractivity contribution in [3.63, 3.8) is 0 Å². The van der Waals surface area contributed by atoms with Crippen LogP contribution in [0.25, 0.3) is 0 Å². The minimum atomic E-state index is -0.355. The summed E-state index contributed by atoms with van der Waals surface area (Å²) in [5.74, 6) is 1.50. The van der Waals surface area contributed by atoms with Gasteiger partial charge >= 0.3 is 0 Å². The van der Waals surface area contributed by atoms with E-state index in [1.165, 1.54) is 0 Å². The van der Waals surface area contributed by atoms with Crippen molar-refractivity contribution in [1.29, 1.82) is 0 Å². The summed E-state index contributed by atoms with van der Waals surface area (Å²) in [7, 11) is 0. The Morgan fingerprint density at radius 2 is 2.10 bits per heavy atom. The molecule has 1 heterocycles. The molecule has 0 bridgehead atoms. The Kier molecular flexibility index (Phi) is 3.53. The number of carbonyl (C=O) groups is 1. The molecule has 0 radical (unpaired) electrons. The second-order valence-corrected chi connectivity index (χ2v) is 5.53. The molecule has 1 saturated carbocycles. The zero-order chi connectivity index (χ0) is 14.0. The fraction of sp³-hybridized carbons (Fsp3) is 0.533. The molecule has 0 aromatic heterocycles. The molecule has 5 heteroatoms. The molecule has 5 nitrogen and oxygen atoms in total. The van der Waals surface area contributed by atoms with Gasteiger partial charge in [-0.15, -0.1) is 0 Å². The lowest BCUT2D eigenvalue weighted by molar-refractivity contribution is -0.125.